The van der Waals surface area contributed by atoms with Crippen molar-refractivity contribution >= 4 is 27.3 Å². The highest BCUT2D eigenvalue weighted by atomic mass is 32.2. The molecule has 0 atom stereocenters. The topological polar surface area (TPSA) is 123 Å². The van der Waals surface area contributed by atoms with E-state index in [1.165, 1.54) is 0 Å². The van der Waals surface area contributed by atoms with E-state index >= 15 is 0 Å². The van der Waals surface area contributed by atoms with Crippen LogP contribution in [0, 0.1) is 13.8 Å². The van der Waals surface area contributed by atoms with Gasteiger partial charge in [0.05, 0.1) is 4.90 Å². The Balaban J connectivity index is 1.33. The van der Waals surface area contributed by atoms with Crippen molar-refractivity contribution in [3.8, 4) is 5.75 Å². The van der Waals surface area contributed by atoms with E-state index in [0.717, 1.165) is 5.56 Å². The Morgan fingerprint density at radius 1 is 0.912 bits per heavy atom. The van der Waals surface area contributed by atoms with Gasteiger partial charge in [-0.15, -0.1) is 0 Å². The fourth-order valence-corrected chi connectivity index (χ4v) is 4.07. The first-order valence-electron chi connectivity index (χ1n) is 10.3. The molecule has 3 aromatic carbocycles. The van der Waals surface area contributed by atoms with Gasteiger partial charge in [-0.05, 0) is 67.6 Å². The van der Waals surface area contributed by atoms with Crippen molar-refractivity contribution in [2.24, 2.45) is 0 Å². The highest BCUT2D eigenvalue weighted by Crippen LogP contribution is 2.20. The van der Waals surface area contributed by atoms with Crippen molar-refractivity contribution in [1.82, 2.24) is 10.1 Å². The molecule has 10 heteroatoms. The number of hydrogen-bond donors (Lipinski definition) is 2. The molecular formula is C24H22N4O5S. The summed E-state index contributed by atoms with van der Waals surface area (Å²) >= 11 is 0. The van der Waals surface area contributed by atoms with E-state index in [9.17, 15) is 13.2 Å². The summed E-state index contributed by atoms with van der Waals surface area (Å²) in [5.74, 6) is 1.14. The summed E-state index contributed by atoms with van der Waals surface area (Å²) in [4.78, 5) is 16.8. The van der Waals surface area contributed by atoms with Gasteiger partial charge in [-0.25, -0.2) is 8.42 Å². The molecule has 9 nitrogen and oxygen atoms in total. The van der Waals surface area contributed by atoms with Gasteiger partial charge < -0.3 is 14.6 Å². The second-order valence-electron chi connectivity index (χ2n) is 7.49. The van der Waals surface area contributed by atoms with Crippen molar-refractivity contribution in [3.05, 3.63) is 95.6 Å². The molecule has 0 saturated carbocycles. The van der Waals surface area contributed by atoms with Gasteiger partial charge in [-0.1, -0.05) is 22.9 Å². The largest absolute Gasteiger partial charge is 0.485 e. The van der Waals surface area contributed by atoms with Crippen molar-refractivity contribution < 1.29 is 22.5 Å². The fourth-order valence-electron chi connectivity index (χ4n) is 3.01. The third-order valence-corrected chi connectivity index (χ3v) is 6.18. The normalized spacial score (nSPS) is 11.1. The standard InChI is InChI=1S/C24H22N4O5S/c1-16-3-13-22(14-4-16)34(30,31)28-20-9-7-19(8-10-20)26-24(29)18-5-11-21(12-6-18)32-15-23-25-17(2)33-27-23/h3-14,28H,15H2,1-2H3,(H,26,29). The first-order chi connectivity index (χ1) is 16.3. The first-order valence-corrected chi connectivity index (χ1v) is 11.8. The highest BCUT2D eigenvalue weighted by molar-refractivity contribution is 7.92. The van der Waals surface area contributed by atoms with E-state index in [2.05, 4.69) is 20.2 Å². The van der Waals surface area contributed by atoms with Gasteiger partial charge in [0.2, 0.25) is 11.7 Å². The van der Waals surface area contributed by atoms with Crippen LogP contribution >= 0.6 is 0 Å². The summed E-state index contributed by atoms with van der Waals surface area (Å²) in [5.41, 5.74) is 2.32. The number of benzene rings is 3. The summed E-state index contributed by atoms with van der Waals surface area (Å²) < 4.78 is 38.0. The number of rotatable bonds is 8. The van der Waals surface area contributed by atoms with E-state index in [-0.39, 0.29) is 17.4 Å². The Hall–Kier alpha value is -4.18. The summed E-state index contributed by atoms with van der Waals surface area (Å²) in [5, 5.41) is 6.53. The minimum absolute atomic E-state index is 0.156. The Labute approximate surface area is 196 Å². The van der Waals surface area contributed by atoms with Crippen molar-refractivity contribution in [1.29, 1.82) is 0 Å². The molecule has 0 bridgehead atoms. The molecule has 1 amide bonds. The molecule has 1 aromatic heterocycles. The predicted octanol–water partition coefficient (Wildman–Crippen LogP) is 4.32. The van der Waals surface area contributed by atoms with Crippen LogP contribution in [0.4, 0.5) is 11.4 Å². The van der Waals surface area contributed by atoms with Crippen LogP contribution < -0.4 is 14.8 Å². The molecule has 4 rings (SSSR count). The molecule has 0 saturated heterocycles. The molecule has 4 aromatic rings. The van der Waals surface area contributed by atoms with Crippen LogP contribution in [0.2, 0.25) is 0 Å². The van der Waals surface area contributed by atoms with Crippen molar-refractivity contribution in [2.45, 2.75) is 25.3 Å². The number of aromatic nitrogens is 2. The van der Waals surface area contributed by atoms with Crippen LogP contribution in [0.1, 0.15) is 27.6 Å². The zero-order chi connectivity index (χ0) is 24.1. The third kappa shape index (κ3) is 5.78. The van der Waals surface area contributed by atoms with Crippen LogP contribution in [-0.2, 0) is 16.6 Å². The molecule has 0 spiro atoms. The molecule has 0 aliphatic heterocycles. The zero-order valence-electron chi connectivity index (χ0n) is 18.5. The molecule has 1 heterocycles. The first kappa shape index (κ1) is 23.0. The maximum atomic E-state index is 12.5. The van der Waals surface area contributed by atoms with Gasteiger partial charge in [-0.2, -0.15) is 4.98 Å². The van der Waals surface area contributed by atoms with E-state index in [1.54, 1.807) is 79.7 Å². The van der Waals surface area contributed by atoms with Crippen LogP contribution in [0.5, 0.6) is 5.75 Å². The molecular weight excluding hydrogens is 456 g/mol. The number of amides is 1. The second kappa shape index (κ2) is 9.75. The molecule has 174 valence electrons. The van der Waals surface area contributed by atoms with E-state index in [4.69, 9.17) is 9.26 Å². The summed E-state index contributed by atoms with van der Waals surface area (Å²) in [6, 6.07) is 19.6. The fraction of sp³-hybridized carbons (Fsp3) is 0.125. The number of anilines is 2. The summed E-state index contributed by atoms with van der Waals surface area (Å²) in [7, 11) is -3.70. The van der Waals surface area contributed by atoms with Crippen molar-refractivity contribution in [3.63, 3.8) is 0 Å². The average Bonchev–Trinajstić information content (AvgIpc) is 3.24. The second-order valence-corrected chi connectivity index (χ2v) is 9.18. The number of sulfonamides is 1. The van der Waals surface area contributed by atoms with Gasteiger partial charge in [0.25, 0.3) is 15.9 Å². The Bertz CT molecular complexity index is 1380. The van der Waals surface area contributed by atoms with Crippen LogP contribution in [0.3, 0.4) is 0 Å². The average molecular weight is 479 g/mol. The summed E-state index contributed by atoms with van der Waals surface area (Å²) in [6.07, 6.45) is 0. The lowest BCUT2D eigenvalue weighted by Gasteiger charge is -2.10. The Morgan fingerprint density at radius 3 is 2.18 bits per heavy atom. The quantitative estimate of drug-likeness (QED) is 0.387. The maximum Gasteiger partial charge on any atom is 0.261 e. The number of hydrogen-bond acceptors (Lipinski definition) is 7. The third-order valence-electron chi connectivity index (χ3n) is 4.78. The van der Waals surface area contributed by atoms with Gasteiger partial charge in [-0.3, -0.25) is 9.52 Å². The lowest BCUT2D eigenvalue weighted by molar-refractivity contribution is 0.102. The minimum atomic E-state index is -3.70. The molecule has 0 radical (unpaired) electrons. The smallest absolute Gasteiger partial charge is 0.261 e. The SMILES string of the molecule is Cc1ccc(S(=O)(=O)Nc2ccc(NC(=O)c3ccc(OCc4noc(C)n4)cc3)cc2)cc1. The minimum Gasteiger partial charge on any atom is -0.485 e. The van der Waals surface area contributed by atoms with Crippen LogP contribution in [0.15, 0.2) is 82.2 Å². The highest BCUT2D eigenvalue weighted by Gasteiger charge is 2.14. The predicted molar refractivity (Wildman–Crippen MR) is 126 cm³/mol. The molecule has 34 heavy (non-hydrogen) atoms. The number of ether oxygens (including phenoxy) is 1. The van der Waals surface area contributed by atoms with E-state index in [0.29, 0.717) is 34.4 Å². The number of carbonyl (C=O) groups excluding carboxylic acids is 1. The molecule has 0 aliphatic carbocycles. The molecule has 0 unspecified atom stereocenters. The number of aryl methyl sites for hydroxylation is 2. The lowest BCUT2D eigenvalue weighted by Crippen LogP contribution is -2.14. The number of carbonyl (C=O) groups is 1. The van der Waals surface area contributed by atoms with Gasteiger partial charge in [0, 0.05) is 23.9 Å². The molecule has 2 N–H and O–H groups in total. The van der Waals surface area contributed by atoms with Gasteiger partial charge in [0.15, 0.2) is 6.61 Å². The van der Waals surface area contributed by atoms with E-state index in [1.807, 2.05) is 6.92 Å². The monoisotopic (exact) mass is 478 g/mol. The van der Waals surface area contributed by atoms with Gasteiger partial charge >= 0.3 is 0 Å². The van der Waals surface area contributed by atoms with Gasteiger partial charge in [0.1, 0.15) is 5.75 Å². The summed E-state index contributed by atoms with van der Waals surface area (Å²) in [6.45, 7) is 3.74. The van der Waals surface area contributed by atoms with E-state index < -0.39 is 10.0 Å². The number of nitrogens with one attached hydrogen (secondary N) is 2. The van der Waals surface area contributed by atoms with Crippen molar-refractivity contribution in [2.75, 3.05) is 10.0 Å². The lowest BCUT2D eigenvalue weighted by atomic mass is 10.2. The molecule has 0 aliphatic rings. The maximum absolute atomic E-state index is 12.5. The zero-order valence-corrected chi connectivity index (χ0v) is 19.3. The molecule has 0 fully saturated rings. The number of nitrogens with zero attached hydrogens (tertiary/aromatic N) is 2. The Kier molecular flexibility index (Phi) is 6.60. The Morgan fingerprint density at radius 2 is 1.56 bits per heavy atom. The van der Waals surface area contributed by atoms with Crippen LogP contribution in [0.25, 0.3) is 0 Å². The van der Waals surface area contributed by atoms with Crippen LogP contribution in [-0.4, -0.2) is 24.5 Å².